The van der Waals surface area contributed by atoms with Crippen molar-refractivity contribution < 1.29 is 19.6 Å². The summed E-state index contributed by atoms with van der Waals surface area (Å²) in [4.78, 5) is 33.7. The number of benzene rings is 1. The predicted octanol–water partition coefficient (Wildman–Crippen LogP) is 2.77. The van der Waals surface area contributed by atoms with Crippen LogP contribution in [0.5, 0.6) is 0 Å². The summed E-state index contributed by atoms with van der Waals surface area (Å²) < 4.78 is 0. The number of carbonyl (C=O) groups is 2. The summed E-state index contributed by atoms with van der Waals surface area (Å²) in [5.74, 6) is -3.26. The van der Waals surface area contributed by atoms with Crippen LogP contribution >= 0.6 is 11.6 Å². The Balaban J connectivity index is 2.17. The number of carboxylic acid groups (broad SMARTS) is 1. The first-order chi connectivity index (χ1) is 10.4. The Morgan fingerprint density at radius 1 is 1.36 bits per heavy atom. The van der Waals surface area contributed by atoms with Crippen molar-refractivity contribution in [3.8, 4) is 0 Å². The summed E-state index contributed by atoms with van der Waals surface area (Å²) in [5.41, 5.74) is 0.0863. The van der Waals surface area contributed by atoms with Gasteiger partial charge >= 0.3 is 5.97 Å². The Hall–Kier alpha value is -2.41. The van der Waals surface area contributed by atoms with Crippen LogP contribution in [0.15, 0.2) is 35.4 Å². The first kappa shape index (κ1) is 16.0. The van der Waals surface area contributed by atoms with Crippen LogP contribution in [0.1, 0.15) is 12.8 Å². The number of carbonyl (C=O) groups excluding carboxylic acids is 1. The standard InChI is InChI=1S/C14H13ClN2O5/c15-8-4-5-11(14(19)20)12(6-8)13(18)16-9-2-1-3-10(7-9)17(21)22/h1-4,7,11-12H,5-6H2,(H,16,18)(H,19,20)/t11-,12+/m1/s1. The highest BCUT2D eigenvalue weighted by atomic mass is 35.5. The number of nitrogens with zero attached hydrogens (tertiary/aromatic N) is 1. The molecule has 1 aliphatic carbocycles. The third-order valence-electron chi connectivity index (χ3n) is 3.47. The molecule has 0 saturated heterocycles. The third kappa shape index (κ3) is 3.62. The molecule has 2 rings (SSSR count). The van der Waals surface area contributed by atoms with Gasteiger partial charge in [0.15, 0.2) is 0 Å². The van der Waals surface area contributed by atoms with Gasteiger partial charge in [0.1, 0.15) is 0 Å². The summed E-state index contributed by atoms with van der Waals surface area (Å²) in [5, 5.41) is 22.9. The van der Waals surface area contributed by atoms with Crippen molar-refractivity contribution in [3.63, 3.8) is 0 Å². The highest BCUT2D eigenvalue weighted by Gasteiger charge is 2.36. The van der Waals surface area contributed by atoms with Gasteiger partial charge < -0.3 is 10.4 Å². The maximum absolute atomic E-state index is 12.3. The van der Waals surface area contributed by atoms with Crippen LogP contribution in [-0.4, -0.2) is 21.9 Å². The fourth-order valence-electron chi connectivity index (χ4n) is 2.34. The summed E-state index contributed by atoms with van der Waals surface area (Å²) in [6, 6.07) is 5.46. The Labute approximate surface area is 130 Å². The van der Waals surface area contributed by atoms with Crippen molar-refractivity contribution in [2.24, 2.45) is 11.8 Å². The molecule has 2 atom stereocenters. The molecule has 1 aliphatic rings. The molecule has 2 N–H and O–H groups in total. The number of carboxylic acids is 1. The van der Waals surface area contributed by atoms with Gasteiger partial charge in [0, 0.05) is 22.9 Å². The molecule has 0 fully saturated rings. The SMILES string of the molecule is O=C(Nc1cccc([N+](=O)[O-])c1)[C@H]1CC(Cl)=CC[C@H]1C(=O)O. The molecule has 1 amide bonds. The number of nitro groups is 1. The lowest BCUT2D eigenvalue weighted by Crippen LogP contribution is -2.35. The van der Waals surface area contributed by atoms with Crippen LogP contribution in [0.3, 0.4) is 0 Å². The molecule has 8 heteroatoms. The van der Waals surface area contributed by atoms with Gasteiger partial charge in [0.2, 0.25) is 5.91 Å². The molecule has 0 spiro atoms. The number of nitrogens with one attached hydrogen (secondary N) is 1. The van der Waals surface area contributed by atoms with Gasteiger partial charge in [-0.05, 0) is 18.9 Å². The lowest BCUT2D eigenvalue weighted by atomic mass is 9.82. The van der Waals surface area contributed by atoms with E-state index in [1.165, 1.54) is 24.3 Å². The highest BCUT2D eigenvalue weighted by Crippen LogP contribution is 2.33. The van der Waals surface area contributed by atoms with Crippen molar-refractivity contribution in [2.75, 3.05) is 5.32 Å². The molecule has 0 bridgehead atoms. The maximum Gasteiger partial charge on any atom is 0.307 e. The maximum atomic E-state index is 12.3. The molecule has 116 valence electrons. The molecule has 7 nitrogen and oxygen atoms in total. The zero-order valence-corrected chi connectivity index (χ0v) is 12.1. The number of hydrogen-bond donors (Lipinski definition) is 2. The number of non-ortho nitro benzene ring substituents is 1. The largest absolute Gasteiger partial charge is 0.481 e. The highest BCUT2D eigenvalue weighted by molar-refractivity contribution is 6.29. The molecular weight excluding hydrogens is 312 g/mol. The van der Waals surface area contributed by atoms with Gasteiger partial charge in [-0.15, -0.1) is 0 Å². The average Bonchev–Trinajstić information content (AvgIpc) is 2.47. The van der Waals surface area contributed by atoms with Crippen LogP contribution in [0.25, 0.3) is 0 Å². The molecule has 1 aromatic carbocycles. The van der Waals surface area contributed by atoms with Crippen LogP contribution in [0.2, 0.25) is 0 Å². The fourth-order valence-corrected chi connectivity index (χ4v) is 2.59. The normalized spacial score (nSPS) is 20.9. The first-order valence-corrected chi connectivity index (χ1v) is 6.89. The Morgan fingerprint density at radius 3 is 2.73 bits per heavy atom. The van der Waals surface area contributed by atoms with Crippen LogP contribution < -0.4 is 5.32 Å². The molecule has 1 aromatic rings. The molecular formula is C14H13ClN2O5. The molecule has 0 aliphatic heterocycles. The van der Waals surface area contributed by atoms with Crippen molar-refractivity contribution in [1.82, 2.24) is 0 Å². The van der Waals surface area contributed by atoms with Gasteiger partial charge in [-0.1, -0.05) is 23.7 Å². The van der Waals surface area contributed by atoms with Crippen molar-refractivity contribution >= 4 is 34.9 Å². The number of hydrogen-bond acceptors (Lipinski definition) is 4. The summed E-state index contributed by atoms with van der Waals surface area (Å²) >= 11 is 5.89. The molecule has 0 unspecified atom stereocenters. The summed E-state index contributed by atoms with van der Waals surface area (Å²) in [6.07, 6.45) is 1.91. The van der Waals surface area contributed by atoms with E-state index < -0.39 is 28.6 Å². The second-order valence-electron chi connectivity index (χ2n) is 4.94. The number of amides is 1. The Kier molecular flexibility index (Phi) is 4.77. The van der Waals surface area contributed by atoms with Crippen LogP contribution in [0, 0.1) is 22.0 Å². The van der Waals surface area contributed by atoms with E-state index in [9.17, 15) is 24.8 Å². The Bertz CT molecular complexity index is 658. The minimum atomic E-state index is -1.07. The minimum absolute atomic E-state index is 0.138. The molecule has 0 radical (unpaired) electrons. The molecule has 22 heavy (non-hydrogen) atoms. The molecule has 0 aromatic heterocycles. The third-order valence-corrected chi connectivity index (χ3v) is 3.78. The van der Waals surface area contributed by atoms with Gasteiger partial charge in [-0.3, -0.25) is 19.7 Å². The number of aliphatic carboxylic acids is 1. The second kappa shape index (κ2) is 6.57. The topological polar surface area (TPSA) is 110 Å². The van der Waals surface area contributed by atoms with E-state index in [1.54, 1.807) is 6.08 Å². The van der Waals surface area contributed by atoms with Crippen LogP contribution in [0.4, 0.5) is 11.4 Å². The smallest absolute Gasteiger partial charge is 0.307 e. The number of halogens is 1. The summed E-state index contributed by atoms with van der Waals surface area (Å²) in [6.45, 7) is 0. The lowest BCUT2D eigenvalue weighted by Gasteiger charge is -2.25. The first-order valence-electron chi connectivity index (χ1n) is 6.51. The van der Waals surface area contributed by atoms with Crippen molar-refractivity contribution in [3.05, 3.63) is 45.5 Å². The van der Waals surface area contributed by atoms with Crippen LogP contribution in [-0.2, 0) is 9.59 Å². The predicted molar refractivity (Wildman–Crippen MR) is 79.5 cm³/mol. The van der Waals surface area contributed by atoms with E-state index in [-0.39, 0.29) is 24.2 Å². The van der Waals surface area contributed by atoms with Gasteiger partial charge in [0.05, 0.1) is 16.8 Å². The van der Waals surface area contributed by atoms with Crippen molar-refractivity contribution in [1.29, 1.82) is 0 Å². The zero-order valence-electron chi connectivity index (χ0n) is 11.4. The monoisotopic (exact) mass is 324 g/mol. The van der Waals surface area contributed by atoms with E-state index in [0.29, 0.717) is 5.03 Å². The van der Waals surface area contributed by atoms with E-state index in [1.807, 2.05) is 0 Å². The van der Waals surface area contributed by atoms with Gasteiger partial charge in [0.25, 0.3) is 5.69 Å². The molecule has 0 heterocycles. The zero-order chi connectivity index (χ0) is 16.3. The fraction of sp³-hybridized carbons (Fsp3) is 0.286. The average molecular weight is 325 g/mol. The van der Waals surface area contributed by atoms with E-state index >= 15 is 0 Å². The molecule has 0 saturated carbocycles. The number of allylic oxidation sites excluding steroid dienone is 2. The quantitative estimate of drug-likeness (QED) is 0.653. The Morgan fingerprint density at radius 2 is 2.09 bits per heavy atom. The van der Waals surface area contributed by atoms with E-state index in [4.69, 9.17) is 11.6 Å². The number of rotatable bonds is 4. The van der Waals surface area contributed by atoms with E-state index in [2.05, 4.69) is 5.32 Å². The number of nitro benzene ring substituents is 1. The second-order valence-corrected chi connectivity index (χ2v) is 5.42. The van der Waals surface area contributed by atoms with Gasteiger partial charge in [-0.25, -0.2) is 0 Å². The summed E-state index contributed by atoms with van der Waals surface area (Å²) in [7, 11) is 0. The van der Waals surface area contributed by atoms with Gasteiger partial charge in [-0.2, -0.15) is 0 Å². The minimum Gasteiger partial charge on any atom is -0.481 e. The number of anilines is 1. The lowest BCUT2D eigenvalue weighted by molar-refractivity contribution is -0.384. The van der Waals surface area contributed by atoms with Crippen molar-refractivity contribution in [2.45, 2.75) is 12.8 Å². The van der Waals surface area contributed by atoms with E-state index in [0.717, 1.165) is 0 Å².